The highest BCUT2D eigenvalue weighted by Gasteiger charge is 2.20. The molecule has 3 rings (SSSR count). The zero-order valence-electron chi connectivity index (χ0n) is 16.6. The molecule has 150 valence electrons. The lowest BCUT2D eigenvalue weighted by molar-refractivity contribution is -0.913. The van der Waals surface area contributed by atoms with E-state index in [4.69, 9.17) is 16.6 Å². The van der Waals surface area contributed by atoms with Crippen LogP contribution < -0.4 is 16.1 Å². The summed E-state index contributed by atoms with van der Waals surface area (Å²) in [6.45, 7) is 7.55. The molecule has 3 aromatic rings. The lowest BCUT2D eigenvalue weighted by atomic mass is 10.2. The molecule has 8 heteroatoms. The summed E-state index contributed by atoms with van der Waals surface area (Å²) in [4.78, 5) is 33.1. The average molecular weight is 405 g/mol. The molecule has 2 N–H and O–H groups in total. The standard InChI is InChI=1S/C20H26ClN5O2/c1-4-6-11-25(5-2)13-16-22-18-17(19(27)23-20(28)24(18)3)26(16)12-14-7-9-15(21)10-8-14/h7-10H,4-6,11-13H2,1-3H3,(H,23,27,28)/p+1. The van der Waals surface area contributed by atoms with Crippen LogP contribution in [-0.4, -0.2) is 32.2 Å². The summed E-state index contributed by atoms with van der Waals surface area (Å²) in [7, 11) is 1.63. The van der Waals surface area contributed by atoms with Gasteiger partial charge < -0.3 is 9.47 Å². The summed E-state index contributed by atoms with van der Waals surface area (Å²) in [5, 5.41) is 0.667. The van der Waals surface area contributed by atoms with Crippen molar-refractivity contribution >= 4 is 22.8 Å². The van der Waals surface area contributed by atoms with Crippen molar-refractivity contribution in [2.45, 2.75) is 39.8 Å². The predicted molar refractivity (Wildman–Crippen MR) is 111 cm³/mol. The topological polar surface area (TPSA) is 77.1 Å². The van der Waals surface area contributed by atoms with Crippen LogP contribution in [0.2, 0.25) is 5.02 Å². The Bertz CT molecular complexity index is 1070. The minimum atomic E-state index is -0.453. The number of aryl methyl sites for hydroxylation is 1. The largest absolute Gasteiger partial charge is 0.329 e. The van der Waals surface area contributed by atoms with Crippen molar-refractivity contribution in [1.82, 2.24) is 19.1 Å². The average Bonchev–Trinajstić information content (AvgIpc) is 3.03. The molecule has 0 fully saturated rings. The van der Waals surface area contributed by atoms with E-state index in [9.17, 15) is 9.59 Å². The van der Waals surface area contributed by atoms with E-state index >= 15 is 0 Å². The number of benzene rings is 1. The summed E-state index contributed by atoms with van der Waals surface area (Å²) < 4.78 is 3.33. The smallest absolute Gasteiger partial charge is 0.329 e. The Balaban J connectivity index is 2.11. The normalized spacial score (nSPS) is 12.6. The number of unbranched alkanes of at least 4 members (excludes halogenated alkanes) is 1. The molecule has 2 heterocycles. The van der Waals surface area contributed by atoms with Crippen LogP contribution in [-0.2, 0) is 20.1 Å². The molecule has 2 aromatic heterocycles. The Morgan fingerprint density at radius 3 is 2.54 bits per heavy atom. The summed E-state index contributed by atoms with van der Waals surface area (Å²) in [5.74, 6) is 0.810. The number of nitrogens with zero attached hydrogens (tertiary/aromatic N) is 3. The molecule has 0 spiro atoms. The molecule has 0 amide bonds. The van der Waals surface area contributed by atoms with E-state index < -0.39 is 11.2 Å². The molecular weight excluding hydrogens is 378 g/mol. The predicted octanol–water partition coefficient (Wildman–Crippen LogP) is 1.33. The minimum absolute atomic E-state index is 0.405. The van der Waals surface area contributed by atoms with E-state index in [0.717, 1.165) is 37.3 Å². The highest BCUT2D eigenvalue weighted by Crippen LogP contribution is 2.15. The van der Waals surface area contributed by atoms with Gasteiger partial charge in [-0.3, -0.25) is 14.3 Å². The Morgan fingerprint density at radius 2 is 1.89 bits per heavy atom. The monoisotopic (exact) mass is 404 g/mol. The lowest BCUT2D eigenvalue weighted by Crippen LogP contribution is -3.10. The second-order valence-corrected chi connectivity index (χ2v) is 7.55. The van der Waals surface area contributed by atoms with E-state index in [-0.39, 0.29) is 0 Å². The van der Waals surface area contributed by atoms with Gasteiger partial charge >= 0.3 is 5.69 Å². The fraction of sp³-hybridized carbons (Fsp3) is 0.450. The molecule has 0 aliphatic carbocycles. The number of imidazole rings is 1. The number of halogens is 1. The maximum absolute atomic E-state index is 12.6. The van der Waals surface area contributed by atoms with E-state index in [1.54, 1.807) is 7.05 Å². The van der Waals surface area contributed by atoms with Crippen molar-refractivity contribution in [1.29, 1.82) is 0 Å². The second kappa shape index (κ2) is 8.75. The van der Waals surface area contributed by atoms with Crippen molar-refractivity contribution in [3.8, 4) is 0 Å². The molecule has 0 aliphatic heterocycles. The van der Waals surface area contributed by atoms with Crippen LogP contribution in [0, 0.1) is 0 Å². The van der Waals surface area contributed by atoms with Gasteiger partial charge in [0, 0.05) is 18.6 Å². The van der Waals surface area contributed by atoms with E-state index in [2.05, 4.69) is 18.8 Å². The van der Waals surface area contributed by atoms with Crippen LogP contribution in [0.1, 0.15) is 38.1 Å². The number of quaternary nitrogens is 1. The van der Waals surface area contributed by atoms with Crippen molar-refractivity contribution in [2.75, 3.05) is 13.1 Å². The number of rotatable bonds is 8. The zero-order chi connectivity index (χ0) is 20.3. The second-order valence-electron chi connectivity index (χ2n) is 7.12. The van der Waals surface area contributed by atoms with E-state index in [1.165, 1.54) is 9.47 Å². The van der Waals surface area contributed by atoms with Gasteiger partial charge in [-0.25, -0.2) is 9.78 Å². The molecule has 7 nitrogen and oxygen atoms in total. The highest BCUT2D eigenvalue weighted by molar-refractivity contribution is 6.30. The third-order valence-electron chi connectivity index (χ3n) is 5.13. The number of fused-ring (bicyclic) bond motifs is 1. The molecule has 1 atom stereocenters. The number of nitrogens with one attached hydrogen (secondary N) is 2. The van der Waals surface area contributed by atoms with Gasteiger partial charge in [-0.2, -0.15) is 0 Å². The van der Waals surface area contributed by atoms with E-state index in [1.807, 2.05) is 28.8 Å². The van der Waals surface area contributed by atoms with Crippen molar-refractivity contribution in [2.24, 2.45) is 7.05 Å². The third kappa shape index (κ3) is 4.20. The van der Waals surface area contributed by atoms with Gasteiger partial charge in [-0.15, -0.1) is 0 Å². The van der Waals surface area contributed by atoms with Gasteiger partial charge in [0.25, 0.3) is 5.56 Å². The quantitative estimate of drug-likeness (QED) is 0.594. The Labute approximate surface area is 168 Å². The van der Waals surface area contributed by atoms with Crippen LogP contribution in [0.3, 0.4) is 0 Å². The maximum Gasteiger partial charge on any atom is 0.329 e. The van der Waals surface area contributed by atoms with Crippen LogP contribution in [0.5, 0.6) is 0 Å². The van der Waals surface area contributed by atoms with Gasteiger partial charge in [0.05, 0.1) is 13.1 Å². The maximum atomic E-state index is 12.6. The van der Waals surface area contributed by atoms with Gasteiger partial charge in [0.15, 0.2) is 17.0 Å². The number of H-pyrrole nitrogens is 1. The molecule has 28 heavy (non-hydrogen) atoms. The van der Waals surface area contributed by atoms with Crippen molar-refractivity contribution in [3.63, 3.8) is 0 Å². The molecule has 1 aromatic carbocycles. The van der Waals surface area contributed by atoms with Crippen molar-refractivity contribution < 1.29 is 4.90 Å². The number of hydrogen-bond acceptors (Lipinski definition) is 3. The first kappa shape index (κ1) is 20.4. The SMILES string of the molecule is CCCC[NH+](CC)Cc1nc2c(c(=O)[nH]c(=O)n2C)n1Cc1ccc(Cl)cc1. The van der Waals surface area contributed by atoms with Gasteiger partial charge in [-0.1, -0.05) is 37.1 Å². The number of aromatic nitrogens is 4. The fourth-order valence-corrected chi connectivity index (χ4v) is 3.52. The van der Waals surface area contributed by atoms with Crippen LogP contribution in [0.15, 0.2) is 33.9 Å². The van der Waals surface area contributed by atoms with Crippen LogP contribution in [0.4, 0.5) is 0 Å². The van der Waals surface area contributed by atoms with Crippen LogP contribution in [0.25, 0.3) is 11.2 Å². The molecule has 0 saturated heterocycles. The van der Waals surface area contributed by atoms with Gasteiger partial charge in [0.2, 0.25) is 0 Å². The zero-order valence-corrected chi connectivity index (χ0v) is 17.3. The first-order valence-electron chi connectivity index (χ1n) is 9.71. The Kier molecular flexibility index (Phi) is 6.36. The van der Waals surface area contributed by atoms with Gasteiger partial charge in [-0.05, 0) is 31.0 Å². The summed E-state index contributed by atoms with van der Waals surface area (Å²) in [6.07, 6.45) is 2.28. The molecule has 0 bridgehead atoms. The molecule has 0 aliphatic rings. The molecule has 0 saturated carbocycles. The van der Waals surface area contributed by atoms with E-state index in [0.29, 0.717) is 29.3 Å². The third-order valence-corrected chi connectivity index (χ3v) is 5.38. The summed E-state index contributed by atoms with van der Waals surface area (Å²) in [5.41, 5.74) is 1.01. The first-order valence-corrected chi connectivity index (χ1v) is 10.1. The molecule has 1 unspecified atom stereocenters. The highest BCUT2D eigenvalue weighted by atomic mass is 35.5. The Morgan fingerprint density at radius 1 is 1.18 bits per heavy atom. The Hall–Kier alpha value is -2.38. The lowest BCUT2D eigenvalue weighted by Gasteiger charge is -2.18. The fourth-order valence-electron chi connectivity index (χ4n) is 3.40. The molecule has 0 radical (unpaired) electrons. The minimum Gasteiger partial charge on any atom is -0.329 e. The number of hydrogen-bond donors (Lipinski definition) is 2. The summed E-state index contributed by atoms with van der Waals surface area (Å²) in [6, 6.07) is 7.55. The van der Waals surface area contributed by atoms with Gasteiger partial charge in [0.1, 0.15) is 6.54 Å². The molecular formula is C20H27ClN5O2+. The van der Waals surface area contributed by atoms with Crippen molar-refractivity contribution in [3.05, 3.63) is 61.5 Å². The summed E-state index contributed by atoms with van der Waals surface area (Å²) >= 11 is 6.00. The van der Waals surface area contributed by atoms with Crippen LogP contribution >= 0.6 is 11.6 Å². The first-order chi connectivity index (χ1) is 13.4. The number of aromatic amines is 1.